The molecule has 0 spiro atoms. The van der Waals surface area contributed by atoms with Crippen LogP contribution in [0.3, 0.4) is 0 Å². The Hall–Kier alpha value is -2.45. The molecular weight excluding hydrogens is 430 g/mol. The number of nitrogens with zero attached hydrogens (tertiary/aromatic N) is 1. The van der Waals surface area contributed by atoms with Crippen molar-refractivity contribution in [2.24, 2.45) is 11.6 Å². The molecule has 8 heteroatoms. The average molecular weight is 464 g/mol. The van der Waals surface area contributed by atoms with Gasteiger partial charge in [0.2, 0.25) is 0 Å². The second-order valence-electron chi connectivity index (χ2n) is 8.09. The fraction of sp³-hybridized carbons (Fsp3) is 0.417. The van der Waals surface area contributed by atoms with Gasteiger partial charge in [0.25, 0.3) is 0 Å². The Bertz CT molecular complexity index is 841. The van der Waals surface area contributed by atoms with Crippen molar-refractivity contribution in [1.29, 1.82) is 0 Å². The van der Waals surface area contributed by atoms with E-state index in [4.69, 9.17) is 37.8 Å². The maximum absolute atomic E-state index is 10.1. The molecule has 0 radical (unpaired) electrons. The van der Waals surface area contributed by atoms with Gasteiger partial charge in [-0.3, -0.25) is 0 Å². The van der Waals surface area contributed by atoms with Gasteiger partial charge in [-0.25, -0.2) is 5.84 Å². The van der Waals surface area contributed by atoms with Crippen LogP contribution in [0.1, 0.15) is 31.4 Å². The summed E-state index contributed by atoms with van der Waals surface area (Å²) in [5, 5.41) is 20.2. The Morgan fingerprint density at radius 1 is 1.06 bits per heavy atom. The van der Waals surface area contributed by atoms with Crippen molar-refractivity contribution in [3.8, 4) is 11.5 Å². The molecule has 0 aromatic heterocycles. The van der Waals surface area contributed by atoms with Gasteiger partial charge in [0.05, 0.1) is 25.5 Å². The summed E-state index contributed by atoms with van der Waals surface area (Å²) in [7, 11) is 0. The zero-order valence-electron chi connectivity index (χ0n) is 18.7. The van der Waals surface area contributed by atoms with Crippen LogP contribution >= 0.6 is 11.6 Å². The van der Waals surface area contributed by atoms with Crippen LogP contribution in [0.5, 0.6) is 11.5 Å². The predicted octanol–water partition coefficient (Wildman–Crippen LogP) is 2.73. The van der Waals surface area contributed by atoms with E-state index in [1.807, 2.05) is 36.4 Å². The molecule has 0 fully saturated rings. The lowest BCUT2D eigenvalue weighted by molar-refractivity contribution is 0.0815. The molecule has 1 unspecified atom stereocenters. The number of alkyl halides is 1. The number of halogens is 1. The van der Waals surface area contributed by atoms with E-state index in [0.29, 0.717) is 18.2 Å². The molecule has 2 aromatic carbocycles. The molecule has 0 saturated carbocycles. The largest absolute Gasteiger partial charge is 0.494 e. The van der Waals surface area contributed by atoms with Gasteiger partial charge < -0.3 is 30.4 Å². The molecule has 0 heterocycles. The lowest BCUT2D eigenvalue weighted by Gasteiger charge is -2.26. The standard InChI is InChI=1S/C24H34ClN3O4/c1-24(2,18-4-8-22(9-5-18)31-13-3-12-25)19-6-10-23(11-7-19)32-17-21(30)15-28(27)14-20(26)16-29/h4-11,14,21,29-30H,3,12-13,15-17,26-27H2,1-2H3/b20-14-. The zero-order valence-corrected chi connectivity index (χ0v) is 19.5. The molecule has 1 atom stereocenters. The topological polar surface area (TPSA) is 114 Å². The Kier molecular flexibility index (Phi) is 10.1. The van der Waals surface area contributed by atoms with Crippen LogP contribution in [-0.2, 0) is 5.41 Å². The van der Waals surface area contributed by atoms with E-state index in [2.05, 4.69) is 26.0 Å². The average Bonchev–Trinajstić information content (AvgIpc) is 2.78. The summed E-state index contributed by atoms with van der Waals surface area (Å²) in [4.78, 5) is 0. The molecule has 176 valence electrons. The summed E-state index contributed by atoms with van der Waals surface area (Å²) in [6.45, 7) is 4.84. The quantitative estimate of drug-likeness (QED) is 0.156. The number of aliphatic hydroxyl groups excluding tert-OH is 2. The highest BCUT2D eigenvalue weighted by atomic mass is 35.5. The number of hydrazine groups is 1. The molecule has 2 aromatic rings. The van der Waals surface area contributed by atoms with Crippen LogP contribution in [0.2, 0.25) is 0 Å². The number of benzene rings is 2. The Balaban J connectivity index is 1.93. The van der Waals surface area contributed by atoms with Crippen molar-refractivity contribution in [1.82, 2.24) is 5.01 Å². The van der Waals surface area contributed by atoms with Crippen molar-refractivity contribution in [2.45, 2.75) is 31.8 Å². The molecular formula is C24H34ClN3O4. The molecule has 6 N–H and O–H groups in total. The lowest BCUT2D eigenvalue weighted by atomic mass is 9.78. The number of nitrogens with two attached hydrogens (primary N) is 2. The lowest BCUT2D eigenvalue weighted by Crippen LogP contribution is -2.37. The van der Waals surface area contributed by atoms with Gasteiger partial charge in [-0.1, -0.05) is 38.1 Å². The first-order valence-electron chi connectivity index (χ1n) is 10.6. The summed E-state index contributed by atoms with van der Waals surface area (Å²) in [5.41, 5.74) is 7.82. The van der Waals surface area contributed by atoms with E-state index in [1.54, 1.807) is 0 Å². The summed E-state index contributed by atoms with van der Waals surface area (Å²) in [5.74, 6) is 7.80. The third-order valence-corrected chi connectivity index (χ3v) is 5.34. The van der Waals surface area contributed by atoms with E-state index in [0.717, 1.165) is 17.7 Å². The molecule has 0 bridgehead atoms. The number of aliphatic hydroxyl groups is 2. The SMILES string of the molecule is CC(C)(c1ccc(OCCCCl)cc1)c1ccc(OCC(O)CN(N)/C=C(\N)CO)cc1. The summed E-state index contributed by atoms with van der Waals surface area (Å²) >= 11 is 5.69. The fourth-order valence-electron chi connectivity index (χ4n) is 3.14. The van der Waals surface area contributed by atoms with Crippen LogP contribution in [0.15, 0.2) is 60.4 Å². The Labute approximate surface area is 195 Å². The minimum Gasteiger partial charge on any atom is -0.494 e. The highest BCUT2D eigenvalue weighted by molar-refractivity contribution is 6.17. The Morgan fingerprint density at radius 3 is 2.09 bits per heavy atom. The first-order valence-corrected chi connectivity index (χ1v) is 11.1. The molecule has 7 nitrogen and oxygen atoms in total. The molecule has 2 rings (SSSR count). The van der Waals surface area contributed by atoms with Gasteiger partial charge in [-0.05, 0) is 41.8 Å². The minimum absolute atomic E-state index is 0.0779. The predicted molar refractivity (Wildman–Crippen MR) is 128 cm³/mol. The van der Waals surface area contributed by atoms with Crippen molar-refractivity contribution >= 4 is 11.6 Å². The Morgan fingerprint density at radius 2 is 1.59 bits per heavy atom. The fourth-order valence-corrected chi connectivity index (χ4v) is 3.25. The third-order valence-electron chi connectivity index (χ3n) is 5.08. The number of ether oxygens (including phenoxy) is 2. The van der Waals surface area contributed by atoms with Crippen molar-refractivity contribution in [2.75, 3.05) is 32.2 Å². The van der Waals surface area contributed by atoms with E-state index in [-0.39, 0.29) is 30.9 Å². The van der Waals surface area contributed by atoms with E-state index in [1.165, 1.54) is 16.8 Å². The summed E-state index contributed by atoms with van der Waals surface area (Å²) in [6.07, 6.45) is 1.38. The smallest absolute Gasteiger partial charge is 0.119 e. The van der Waals surface area contributed by atoms with Gasteiger partial charge >= 0.3 is 0 Å². The minimum atomic E-state index is -0.816. The maximum atomic E-state index is 10.1. The third kappa shape index (κ3) is 7.91. The van der Waals surface area contributed by atoms with Crippen molar-refractivity contribution < 1.29 is 19.7 Å². The second kappa shape index (κ2) is 12.6. The van der Waals surface area contributed by atoms with Gasteiger partial charge in [0.15, 0.2) is 0 Å². The molecule has 0 aliphatic heterocycles. The van der Waals surface area contributed by atoms with Crippen LogP contribution in [0.4, 0.5) is 0 Å². The zero-order chi connectivity index (χ0) is 23.6. The molecule has 0 aliphatic rings. The first kappa shape index (κ1) is 25.8. The molecule has 0 amide bonds. The first-order chi connectivity index (χ1) is 15.3. The van der Waals surface area contributed by atoms with Gasteiger partial charge in [-0.2, -0.15) is 0 Å². The van der Waals surface area contributed by atoms with Crippen molar-refractivity contribution in [3.63, 3.8) is 0 Å². The van der Waals surface area contributed by atoms with Gasteiger partial charge in [0, 0.05) is 17.5 Å². The molecule has 0 aliphatic carbocycles. The van der Waals surface area contributed by atoms with Gasteiger partial charge in [-0.15, -0.1) is 11.6 Å². The van der Waals surface area contributed by atoms with Crippen molar-refractivity contribution in [3.05, 3.63) is 71.6 Å². The van der Waals surface area contributed by atoms with Crippen LogP contribution in [0.25, 0.3) is 0 Å². The number of hydrogen-bond acceptors (Lipinski definition) is 7. The van der Waals surface area contributed by atoms with Crippen LogP contribution in [-0.4, -0.2) is 53.6 Å². The van der Waals surface area contributed by atoms with E-state index in [9.17, 15) is 5.11 Å². The van der Waals surface area contributed by atoms with E-state index >= 15 is 0 Å². The van der Waals surface area contributed by atoms with Crippen LogP contribution < -0.4 is 21.1 Å². The molecule has 0 saturated heterocycles. The number of rotatable bonds is 13. The summed E-state index contributed by atoms with van der Waals surface area (Å²) in [6, 6.07) is 15.9. The number of hydrogen-bond donors (Lipinski definition) is 4. The normalized spacial score (nSPS) is 13.0. The molecule has 32 heavy (non-hydrogen) atoms. The maximum Gasteiger partial charge on any atom is 0.119 e. The van der Waals surface area contributed by atoms with E-state index < -0.39 is 6.10 Å². The highest BCUT2D eigenvalue weighted by Crippen LogP contribution is 2.33. The summed E-state index contributed by atoms with van der Waals surface area (Å²) < 4.78 is 11.4. The van der Waals surface area contributed by atoms with Crippen LogP contribution in [0, 0.1) is 0 Å². The second-order valence-corrected chi connectivity index (χ2v) is 8.47. The highest BCUT2D eigenvalue weighted by Gasteiger charge is 2.23. The monoisotopic (exact) mass is 463 g/mol. The van der Waals surface area contributed by atoms with Gasteiger partial charge in [0.1, 0.15) is 24.2 Å².